The lowest BCUT2D eigenvalue weighted by Crippen LogP contribution is -2.35. The molecule has 1 aliphatic carbocycles. The standard InChI is InChI=1S/C14H25NO3/c1-15(11-10-13(16)18-2)14(17)12-8-6-4-3-5-7-9-12/h12H,3-11H2,1-2H3. The van der Waals surface area contributed by atoms with Gasteiger partial charge in [0.05, 0.1) is 13.5 Å². The first-order chi connectivity index (χ1) is 8.65. The van der Waals surface area contributed by atoms with Crippen molar-refractivity contribution in [3.05, 3.63) is 0 Å². The van der Waals surface area contributed by atoms with Crippen LogP contribution in [0.25, 0.3) is 0 Å². The largest absolute Gasteiger partial charge is 0.469 e. The van der Waals surface area contributed by atoms with Crippen LogP contribution in [0.15, 0.2) is 0 Å². The summed E-state index contributed by atoms with van der Waals surface area (Å²) in [5, 5.41) is 0. The van der Waals surface area contributed by atoms with Crippen LogP contribution >= 0.6 is 0 Å². The second-order valence-electron chi connectivity index (χ2n) is 5.13. The molecule has 1 amide bonds. The van der Waals surface area contributed by atoms with Crippen molar-refractivity contribution in [3.8, 4) is 0 Å². The van der Waals surface area contributed by atoms with E-state index in [4.69, 9.17) is 0 Å². The SMILES string of the molecule is COC(=O)CCN(C)C(=O)C1CCCCCCC1. The molecule has 0 bridgehead atoms. The van der Waals surface area contributed by atoms with Gasteiger partial charge in [0.25, 0.3) is 0 Å². The molecule has 0 saturated heterocycles. The van der Waals surface area contributed by atoms with Gasteiger partial charge < -0.3 is 9.64 Å². The Morgan fingerprint density at radius 1 is 1.11 bits per heavy atom. The zero-order valence-electron chi connectivity index (χ0n) is 11.6. The minimum Gasteiger partial charge on any atom is -0.469 e. The van der Waals surface area contributed by atoms with Crippen LogP contribution in [0.1, 0.15) is 51.4 Å². The van der Waals surface area contributed by atoms with Crippen LogP contribution in [-0.2, 0) is 14.3 Å². The average molecular weight is 255 g/mol. The van der Waals surface area contributed by atoms with Crippen LogP contribution in [-0.4, -0.2) is 37.5 Å². The van der Waals surface area contributed by atoms with E-state index in [-0.39, 0.29) is 24.2 Å². The predicted molar refractivity (Wildman–Crippen MR) is 70.1 cm³/mol. The zero-order valence-corrected chi connectivity index (χ0v) is 11.6. The van der Waals surface area contributed by atoms with Gasteiger partial charge in [0.15, 0.2) is 0 Å². The molecule has 1 fully saturated rings. The van der Waals surface area contributed by atoms with Crippen molar-refractivity contribution < 1.29 is 14.3 Å². The first-order valence-corrected chi connectivity index (χ1v) is 6.97. The Hall–Kier alpha value is -1.06. The van der Waals surface area contributed by atoms with Crippen molar-refractivity contribution in [1.82, 2.24) is 4.90 Å². The van der Waals surface area contributed by atoms with E-state index >= 15 is 0 Å². The van der Waals surface area contributed by atoms with E-state index in [2.05, 4.69) is 4.74 Å². The summed E-state index contributed by atoms with van der Waals surface area (Å²) >= 11 is 0. The molecule has 0 heterocycles. The maximum Gasteiger partial charge on any atom is 0.307 e. The second kappa shape index (κ2) is 8.11. The van der Waals surface area contributed by atoms with Gasteiger partial charge in [0.2, 0.25) is 5.91 Å². The van der Waals surface area contributed by atoms with E-state index in [1.54, 1.807) is 11.9 Å². The summed E-state index contributed by atoms with van der Waals surface area (Å²) in [6, 6.07) is 0. The van der Waals surface area contributed by atoms with Crippen LogP contribution in [0.5, 0.6) is 0 Å². The lowest BCUT2D eigenvalue weighted by molar-refractivity contribution is -0.142. The highest BCUT2D eigenvalue weighted by Crippen LogP contribution is 2.23. The summed E-state index contributed by atoms with van der Waals surface area (Å²) in [7, 11) is 3.16. The van der Waals surface area contributed by atoms with Gasteiger partial charge in [0.1, 0.15) is 0 Å². The third kappa shape index (κ3) is 5.07. The van der Waals surface area contributed by atoms with Gasteiger partial charge in [-0.3, -0.25) is 9.59 Å². The number of esters is 1. The molecular formula is C14H25NO3. The molecule has 1 aliphatic rings. The van der Waals surface area contributed by atoms with Crippen molar-refractivity contribution in [2.24, 2.45) is 5.92 Å². The van der Waals surface area contributed by atoms with Gasteiger partial charge in [-0.2, -0.15) is 0 Å². The monoisotopic (exact) mass is 255 g/mol. The number of methoxy groups -OCH3 is 1. The Kier molecular flexibility index (Phi) is 6.76. The Morgan fingerprint density at radius 2 is 1.67 bits per heavy atom. The summed E-state index contributed by atoms with van der Waals surface area (Å²) in [6.07, 6.45) is 8.39. The number of hydrogen-bond donors (Lipinski definition) is 0. The molecule has 104 valence electrons. The predicted octanol–water partition coefficient (Wildman–Crippen LogP) is 2.37. The fourth-order valence-electron chi connectivity index (χ4n) is 2.49. The van der Waals surface area contributed by atoms with Gasteiger partial charge in [-0.25, -0.2) is 0 Å². The summed E-state index contributed by atoms with van der Waals surface area (Å²) in [6.45, 7) is 0.460. The number of carbonyl (C=O) groups is 2. The van der Waals surface area contributed by atoms with Crippen molar-refractivity contribution in [3.63, 3.8) is 0 Å². The minimum absolute atomic E-state index is 0.160. The van der Waals surface area contributed by atoms with Crippen molar-refractivity contribution >= 4 is 11.9 Å². The zero-order chi connectivity index (χ0) is 13.4. The van der Waals surface area contributed by atoms with Crippen LogP contribution in [0.2, 0.25) is 0 Å². The molecule has 18 heavy (non-hydrogen) atoms. The van der Waals surface area contributed by atoms with E-state index in [0.717, 1.165) is 25.7 Å². The summed E-state index contributed by atoms with van der Waals surface area (Å²) in [5.41, 5.74) is 0. The third-order valence-electron chi connectivity index (χ3n) is 3.71. The van der Waals surface area contributed by atoms with E-state index in [1.165, 1.54) is 26.4 Å². The molecule has 0 aromatic rings. The molecule has 0 aliphatic heterocycles. The minimum atomic E-state index is -0.257. The Morgan fingerprint density at radius 3 is 2.22 bits per heavy atom. The molecule has 0 aromatic carbocycles. The smallest absolute Gasteiger partial charge is 0.307 e. The van der Waals surface area contributed by atoms with E-state index in [9.17, 15) is 9.59 Å². The molecule has 0 unspecified atom stereocenters. The summed E-state index contributed by atoms with van der Waals surface area (Å²) < 4.78 is 4.59. The molecule has 4 nitrogen and oxygen atoms in total. The maximum atomic E-state index is 12.2. The number of amides is 1. The number of hydrogen-bond acceptors (Lipinski definition) is 3. The highest BCUT2D eigenvalue weighted by atomic mass is 16.5. The number of nitrogens with zero attached hydrogens (tertiary/aromatic N) is 1. The molecule has 1 rings (SSSR count). The van der Waals surface area contributed by atoms with E-state index < -0.39 is 0 Å². The van der Waals surface area contributed by atoms with Crippen LogP contribution < -0.4 is 0 Å². The topological polar surface area (TPSA) is 46.6 Å². The van der Waals surface area contributed by atoms with E-state index in [0.29, 0.717) is 6.54 Å². The van der Waals surface area contributed by atoms with Gasteiger partial charge in [-0.15, -0.1) is 0 Å². The Bertz CT molecular complexity index is 270. The Balaban J connectivity index is 2.37. The summed E-state index contributed by atoms with van der Waals surface area (Å²) in [5.74, 6) is 0.0982. The molecule has 0 aromatic heterocycles. The first kappa shape index (κ1) is 15.0. The number of rotatable bonds is 4. The highest BCUT2D eigenvalue weighted by Gasteiger charge is 2.22. The number of ether oxygens (including phenoxy) is 1. The molecule has 0 atom stereocenters. The normalized spacial score (nSPS) is 17.7. The van der Waals surface area contributed by atoms with Gasteiger partial charge in [0, 0.05) is 19.5 Å². The highest BCUT2D eigenvalue weighted by molar-refractivity contribution is 5.79. The van der Waals surface area contributed by atoms with Crippen molar-refractivity contribution in [2.75, 3.05) is 20.7 Å². The van der Waals surface area contributed by atoms with Crippen LogP contribution in [0.3, 0.4) is 0 Å². The van der Waals surface area contributed by atoms with Crippen LogP contribution in [0, 0.1) is 5.92 Å². The summed E-state index contributed by atoms with van der Waals surface area (Å²) in [4.78, 5) is 25.0. The van der Waals surface area contributed by atoms with Crippen molar-refractivity contribution in [2.45, 2.75) is 51.4 Å². The maximum absolute atomic E-state index is 12.2. The van der Waals surface area contributed by atoms with Gasteiger partial charge in [-0.1, -0.05) is 32.1 Å². The fourth-order valence-corrected chi connectivity index (χ4v) is 2.49. The molecule has 4 heteroatoms. The van der Waals surface area contributed by atoms with E-state index in [1.807, 2.05) is 0 Å². The van der Waals surface area contributed by atoms with Crippen LogP contribution in [0.4, 0.5) is 0 Å². The lowest BCUT2D eigenvalue weighted by atomic mass is 9.90. The molecule has 0 spiro atoms. The molecule has 0 N–H and O–H groups in total. The van der Waals surface area contributed by atoms with Gasteiger partial charge >= 0.3 is 5.97 Å². The Labute approximate surface area is 110 Å². The lowest BCUT2D eigenvalue weighted by Gasteiger charge is -2.24. The molecule has 1 saturated carbocycles. The second-order valence-corrected chi connectivity index (χ2v) is 5.13. The molecule has 0 radical (unpaired) electrons. The average Bonchev–Trinajstić information content (AvgIpc) is 2.34. The molecular weight excluding hydrogens is 230 g/mol. The first-order valence-electron chi connectivity index (χ1n) is 6.97. The van der Waals surface area contributed by atoms with Crippen molar-refractivity contribution in [1.29, 1.82) is 0 Å². The quantitative estimate of drug-likeness (QED) is 0.724. The number of carbonyl (C=O) groups excluding carboxylic acids is 2. The fraction of sp³-hybridized carbons (Fsp3) is 0.857. The third-order valence-corrected chi connectivity index (χ3v) is 3.71. The van der Waals surface area contributed by atoms with Gasteiger partial charge in [-0.05, 0) is 12.8 Å².